The minimum atomic E-state index is -0.969. The number of hydroxylamine groups is 1. The second-order valence-corrected chi connectivity index (χ2v) is 5.85. The number of carbonyl (C=O) groups excluding carboxylic acids is 1. The van der Waals surface area contributed by atoms with Crippen molar-refractivity contribution in [3.8, 4) is 0 Å². The molecule has 1 heterocycles. The van der Waals surface area contributed by atoms with Gasteiger partial charge in [0.2, 0.25) is 0 Å². The first-order valence-electron chi connectivity index (χ1n) is 8.02. The first-order valence-corrected chi connectivity index (χ1v) is 8.02. The Kier molecular flexibility index (Phi) is 5.75. The highest BCUT2D eigenvalue weighted by molar-refractivity contribution is 5.73. The van der Waals surface area contributed by atoms with Gasteiger partial charge < -0.3 is 10.1 Å². The fourth-order valence-corrected chi connectivity index (χ4v) is 2.72. The molecule has 0 aromatic heterocycles. The topological polar surface area (TPSA) is 59.6 Å². The molecule has 1 fully saturated rings. The third kappa shape index (κ3) is 4.53. The molecule has 0 spiro atoms. The summed E-state index contributed by atoms with van der Waals surface area (Å²) in [4.78, 5) is 17.0. The molecule has 26 heavy (non-hydrogen) atoms. The zero-order valence-corrected chi connectivity index (χ0v) is 13.7. The Bertz CT molecular complexity index is 771. The van der Waals surface area contributed by atoms with E-state index in [-0.39, 0.29) is 12.4 Å². The van der Waals surface area contributed by atoms with Gasteiger partial charge in [-0.2, -0.15) is 0 Å². The maximum Gasteiger partial charge on any atom is 0.339 e. The number of rotatable bonds is 5. The molecule has 2 aromatic carbocycles. The molecule has 8 heteroatoms. The summed E-state index contributed by atoms with van der Waals surface area (Å²) >= 11 is 0. The van der Waals surface area contributed by atoms with Crippen LogP contribution in [0.2, 0.25) is 0 Å². The number of amides is 2. The Hall–Kier alpha value is -2.58. The predicted octanol–water partition coefficient (Wildman–Crippen LogP) is 3.36. The minimum Gasteiger partial charge on any atom is -0.371 e. The van der Waals surface area contributed by atoms with Gasteiger partial charge in [0.05, 0.1) is 12.6 Å². The zero-order valence-electron chi connectivity index (χ0n) is 13.7. The smallest absolute Gasteiger partial charge is 0.339 e. The van der Waals surface area contributed by atoms with E-state index >= 15 is 0 Å². The second-order valence-electron chi connectivity index (χ2n) is 5.85. The quantitative estimate of drug-likeness (QED) is 0.798. The summed E-state index contributed by atoms with van der Waals surface area (Å²) in [6.45, 7) is 0.451. The molecular weight excluding hydrogens is 349 g/mol. The summed E-state index contributed by atoms with van der Waals surface area (Å²) in [5.41, 5.74) is 3.37. The summed E-state index contributed by atoms with van der Waals surface area (Å²) in [6.07, 6.45) is -0.0531. The molecule has 0 unspecified atom stereocenters. The van der Waals surface area contributed by atoms with Gasteiger partial charge in [-0.3, -0.25) is 4.84 Å². The standard InChI is InChI=1S/C18H17F3N2O3/c19-13-4-1-11(2-5-13)10-26-23-18(24)22-16-7-8-25-17(16)12-3-6-14(20)15(21)9-12/h1-6,9,16-17H,7-8,10H2,(H2,22,23,24)/t16-,17+/m1/s1. The largest absolute Gasteiger partial charge is 0.371 e. The summed E-state index contributed by atoms with van der Waals surface area (Å²) in [5, 5.41) is 2.68. The van der Waals surface area contributed by atoms with Crippen LogP contribution in [0.1, 0.15) is 23.7 Å². The van der Waals surface area contributed by atoms with E-state index in [2.05, 4.69) is 10.8 Å². The summed E-state index contributed by atoms with van der Waals surface area (Å²) < 4.78 is 44.8. The van der Waals surface area contributed by atoms with Crippen molar-refractivity contribution in [3.05, 3.63) is 71.0 Å². The van der Waals surface area contributed by atoms with Gasteiger partial charge in [-0.15, -0.1) is 0 Å². The van der Waals surface area contributed by atoms with Crippen LogP contribution in [0, 0.1) is 17.5 Å². The normalized spacial score (nSPS) is 19.3. The van der Waals surface area contributed by atoms with Crippen LogP contribution in [0.15, 0.2) is 42.5 Å². The van der Waals surface area contributed by atoms with E-state index in [0.29, 0.717) is 24.2 Å². The molecule has 138 valence electrons. The maximum absolute atomic E-state index is 13.4. The molecule has 0 radical (unpaired) electrons. The fourth-order valence-electron chi connectivity index (χ4n) is 2.72. The molecule has 0 bridgehead atoms. The average molecular weight is 366 g/mol. The number of ether oxygens (including phenoxy) is 1. The lowest BCUT2D eigenvalue weighted by Gasteiger charge is -2.20. The zero-order chi connectivity index (χ0) is 18.5. The number of carbonyl (C=O) groups is 1. The monoisotopic (exact) mass is 366 g/mol. The van der Waals surface area contributed by atoms with Crippen LogP contribution in [0.3, 0.4) is 0 Å². The number of nitrogens with one attached hydrogen (secondary N) is 2. The van der Waals surface area contributed by atoms with E-state index in [1.165, 1.54) is 18.2 Å². The third-order valence-electron chi connectivity index (χ3n) is 4.00. The Morgan fingerprint density at radius 1 is 1.12 bits per heavy atom. The highest BCUT2D eigenvalue weighted by atomic mass is 19.2. The Balaban J connectivity index is 1.51. The molecule has 2 atom stereocenters. The van der Waals surface area contributed by atoms with E-state index in [4.69, 9.17) is 9.57 Å². The third-order valence-corrected chi connectivity index (χ3v) is 4.00. The molecule has 2 N–H and O–H groups in total. The highest BCUT2D eigenvalue weighted by Gasteiger charge is 2.31. The number of benzene rings is 2. The number of hydrogen-bond acceptors (Lipinski definition) is 3. The molecule has 3 rings (SSSR count). The predicted molar refractivity (Wildman–Crippen MR) is 86.3 cm³/mol. The van der Waals surface area contributed by atoms with Crippen LogP contribution < -0.4 is 10.8 Å². The first kappa shape index (κ1) is 18.2. The van der Waals surface area contributed by atoms with Crippen LogP contribution in [0.4, 0.5) is 18.0 Å². The molecule has 1 aliphatic rings. The first-order chi connectivity index (χ1) is 12.5. The lowest BCUT2D eigenvalue weighted by atomic mass is 10.0. The lowest BCUT2D eigenvalue weighted by Crippen LogP contribution is -2.43. The lowest BCUT2D eigenvalue weighted by molar-refractivity contribution is 0.0456. The van der Waals surface area contributed by atoms with Crippen molar-refractivity contribution >= 4 is 6.03 Å². The minimum absolute atomic E-state index is 0.0709. The Labute approximate surface area is 148 Å². The van der Waals surface area contributed by atoms with Gasteiger partial charge >= 0.3 is 6.03 Å². The van der Waals surface area contributed by atoms with Gasteiger partial charge in [0, 0.05) is 6.61 Å². The summed E-state index contributed by atoms with van der Waals surface area (Å²) in [7, 11) is 0. The van der Waals surface area contributed by atoms with E-state index in [1.807, 2.05) is 0 Å². The summed E-state index contributed by atoms with van der Waals surface area (Å²) in [6, 6.07) is 8.17. The highest BCUT2D eigenvalue weighted by Crippen LogP contribution is 2.30. The molecule has 1 aliphatic heterocycles. The van der Waals surface area contributed by atoms with Gasteiger partial charge in [0.15, 0.2) is 11.6 Å². The molecule has 2 amide bonds. The van der Waals surface area contributed by atoms with Gasteiger partial charge in [-0.25, -0.2) is 23.4 Å². The van der Waals surface area contributed by atoms with Crippen molar-refractivity contribution < 1.29 is 27.5 Å². The molecule has 0 saturated carbocycles. The van der Waals surface area contributed by atoms with Crippen molar-refractivity contribution in [3.63, 3.8) is 0 Å². The van der Waals surface area contributed by atoms with Crippen LogP contribution in [0.5, 0.6) is 0 Å². The summed E-state index contributed by atoms with van der Waals surface area (Å²) in [5.74, 6) is -2.27. The maximum atomic E-state index is 13.4. The van der Waals surface area contributed by atoms with Crippen LogP contribution >= 0.6 is 0 Å². The van der Waals surface area contributed by atoms with Gasteiger partial charge in [0.25, 0.3) is 0 Å². The van der Waals surface area contributed by atoms with Crippen molar-refractivity contribution in [1.82, 2.24) is 10.8 Å². The Morgan fingerprint density at radius 2 is 1.88 bits per heavy atom. The number of urea groups is 1. The van der Waals surface area contributed by atoms with E-state index < -0.39 is 29.8 Å². The van der Waals surface area contributed by atoms with E-state index in [9.17, 15) is 18.0 Å². The van der Waals surface area contributed by atoms with Gasteiger partial charge in [0.1, 0.15) is 11.9 Å². The van der Waals surface area contributed by atoms with Crippen molar-refractivity contribution in [2.24, 2.45) is 0 Å². The van der Waals surface area contributed by atoms with Crippen molar-refractivity contribution in [2.45, 2.75) is 25.2 Å². The van der Waals surface area contributed by atoms with Crippen molar-refractivity contribution in [2.75, 3.05) is 6.61 Å². The number of halogens is 3. The molecule has 1 saturated heterocycles. The van der Waals surface area contributed by atoms with Crippen LogP contribution in [-0.2, 0) is 16.2 Å². The fraction of sp³-hybridized carbons (Fsp3) is 0.278. The molecule has 2 aromatic rings. The van der Waals surface area contributed by atoms with Crippen LogP contribution in [-0.4, -0.2) is 18.7 Å². The van der Waals surface area contributed by atoms with Gasteiger partial charge in [-0.05, 0) is 41.8 Å². The Morgan fingerprint density at radius 3 is 2.62 bits per heavy atom. The molecule has 5 nitrogen and oxygen atoms in total. The van der Waals surface area contributed by atoms with E-state index in [0.717, 1.165) is 12.1 Å². The van der Waals surface area contributed by atoms with Crippen LogP contribution in [0.25, 0.3) is 0 Å². The van der Waals surface area contributed by atoms with E-state index in [1.54, 1.807) is 12.1 Å². The molecular formula is C18H17F3N2O3. The van der Waals surface area contributed by atoms with Crippen molar-refractivity contribution in [1.29, 1.82) is 0 Å². The van der Waals surface area contributed by atoms with Gasteiger partial charge in [-0.1, -0.05) is 18.2 Å². The number of hydrogen-bond donors (Lipinski definition) is 2. The second kappa shape index (κ2) is 8.20. The average Bonchev–Trinajstić information content (AvgIpc) is 3.07. The molecule has 0 aliphatic carbocycles. The SMILES string of the molecule is O=C(NOCc1ccc(F)cc1)N[C@@H]1CCO[C@H]1c1ccc(F)c(F)c1.